The van der Waals surface area contributed by atoms with Gasteiger partial charge in [0.1, 0.15) is 11.9 Å². The van der Waals surface area contributed by atoms with E-state index in [4.69, 9.17) is 4.74 Å². The van der Waals surface area contributed by atoms with Gasteiger partial charge in [0.15, 0.2) is 0 Å². The summed E-state index contributed by atoms with van der Waals surface area (Å²) in [5.74, 6) is 0.752. The molecule has 0 aromatic heterocycles. The number of para-hydroxylation sites is 1. The monoisotopic (exact) mass is 284 g/mol. The minimum atomic E-state index is -0.645. The minimum Gasteiger partial charge on any atom is -0.493 e. The lowest BCUT2D eigenvalue weighted by atomic mass is 9.98. The van der Waals surface area contributed by atoms with Crippen LogP contribution in [0.15, 0.2) is 48.5 Å². The summed E-state index contributed by atoms with van der Waals surface area (Å²) in [5.41, 5.74) is 3.05. The molecule has 1 atom stereocenters. The maximum absolute atomic E-state index is 10.6. The van der Waals surface area contributed by atoms with Crippen molar-refractivity contribution in [2.45, 2.75) is 39.2 Å². The number of ether oxygens (including phenoxy) is 1. The van der Waals surface area contributed by atoms with Crippen molar-refractivity contribution in [3.05, 3.63) is 65.2 Å². The van der Waals surface area contributed by atoms with E-state index in [-0.39, 0.29) is 0 Å². The van der Waals surface area contributed by atoms with Gasteiger partial charge in [0.25, 0.3) is 0 Å². The van der Waals surface area contributed by atoms with Crippen molar-refractivity contribution in [1.29, 1.82) is 0 Å². The van der Waals surface area contributed by atoms with Crippen LogP contribution in [0.5, 0.6) is 5.75 Å². The summed E-state index contributed by atoms with van der Waals surface area (Å²) in [6.45, 7) is 4.74. The maximum atomic E-state index is 10.6. The number of aryl methyl sites for hydroxylation is 1. The second-order valence-corrected chi connectivity index (χ2v) is 5.22. The van der Waals surface area contributed by atoms with E-state index in [1.165, 1.54) is 18.4 Å². The Balaban J connectivity index is 2.17. The Labute approximate surface area is 127 Å². The largest absolute Gasteiger partial charge is 0.493 e. The predicted octanol–water partition coefficient (Wildman–Crippen LogP) is 4.51. The molecule has 0 fully saturated rings. The van der Waals surface area contributed by atoms with Crippen molar-refractivity contribution in [2.75, 3.05) is 6.61 Å². The van der Waals surface area contributed by atoms with E-state index < -0.39 is 6.10 Å². The van der Waals surface area contributed by atoms with E-state index in [2.05, 4.69) is 19.1 Å². The average Bonchev–Trinajstić information content (AvgIpc) is 2.53. The van der Waals surface area contributed by atoms with Gasteiger partial charge in [0.05, 0.1) is 6.61 Å². The molecular formula is C19H24O2. The summed E-state index contributed by atoms with van der Waals surface area (Å²) in [6, 6.07) is 15.9. The Morgan fingerprint density at radius 3 is 2.38 bits per heavy atom. The predicted molar refractivity (Wildman–Crippen MR) is 86.7 cm³/mol. The number of aliphatic hydroxyl groups is 1. The SMILES string of the molecule is CCCCc1ccc(C(O)c2ccccc2OCC)cc1. The van der Waals surface area contributed by atoms with Gasteiger partial charge < -0.3 is 9.84 Å². The summed E-state index contributed by atoms with van der Waals surface area (Å²) < 4.78 is 5.60. The Morgan fingerprint density at radius 1 is 1.00 bits per heavy atom. The molecule has 2 heteroatoms. The van der Waals surface area contributed by atoms with Crippen LogP contribution in [0, 0.1) is 0 Å². The molecule has 2 aromatic carbocycles. The van der Waals surface area contributed by atoms with Gasteiger partial charge in [-0.2, -0.15) is 0 Å². The Kier molecular flexibility index (Phi) is 5.82. The molecule has 0 aliphatic carbocycles. The highest BCUT2D eigenvalue weighted by molar-refractivity contribution is 5.40. The van der Waals surface area contributed by atoms with Gasteiger partial charge in [-0.1, -0.05) is 55.8 Å². The summed E-state index contributed by atoms with van der Waals surface area (Å²) in [4.78, 5) is 0. The molecule has 0 aliphatic rings. The third kappa shape index (κ3) is 4.08. The lowest BCUT2D eigenvalue weighted by molar-refractivity contribution is 0.212. The van der Waals surface area contributed by atoms with Crippen molar-refractivity contribution in [3.63, 3.8) is 0 Å². The van der Waals surface area contributed by atoms with E-state index in [0.29, 0.717) is 6.61 Å². The lowest BCUT2D eigenvalue weighted by Crippen LogP contribution is -2.04. The van der Waals surface area contributed by atoms with Crippen molar-refractivity contribution in [2.24, 2.45) is 0 Å². The van der Waals surface area contributed by atoms with Gasteiger partial charge in [-0.15, -0.1) is 0 Å². The fourth-order valence-corrected chi connectivity index (χ4v) is 2.42. The van der Waals surface area contributed by atoms with Gasteiger partial charge >= 0.3 is 0 Å². The van der Waals surface area contributed by atoms with E-state index in [1.807, 2.05) is 43.3 Å². The summed E-state index contributed by atoms with van der Waals surface area (Å²) >= 11 is 0. The number of rotatable bonds is 7. The normalized spacial score (nSPS) is 12.1. The van der Waals surface area contributed by atoms with Crippen molar-refractivity contribution < 1.29 is 9.84 Å². The fraction of sp³-hybridized carbons (Fsp3) is 0.368. The Morgan fingerprint density at radius 2 is 1.71 bits per heavy atom. The number of hydrogen-bond acceptors (Lipinski definition) is 2. The molecule has 0 radical (unpaired) electrons. The van der Waals surface area contributed by atoms with Crippen LogP contribution in [0.3, 0.4) is 0 Å². The molecule has 21 heavy (non-hydrogen) atoms. The highest BCUT2D eigenvalue weighted by Crippen LogP contribution is 2.30. The first kappa shape index (κ1) is 15.6. The first-order chi connectivity index (χ1) is 10.3. The van der Waals surface area contributed by atoms with Crippen LogP contribution in [0.2, 0.25) is 0 Å². The molecule has 2 rings (SSSR count). The fourth-order valence-electron chi connectivity index (χ4n) is 2.42. The van der Waals surface area contributed by atoms with Crippen molar-refractivity contribution in [3.8, 4) is 5.75 Å². The molecule has 0 amide bonds. The maximum Gasteiger partial charge on any atom is 0.125 e. The number of benzene rings is 2. The van der Waals surface area contributed by atoms with Gasteiger partial charge in [0, 0.05) is 5.56 Å². The standard InChI is InChI=1S/C19H24O2/c1-3-5-8-15-11-13-16(14-12-15)19(20)17-9-6-7-10-18(17)21-4-2/h6-7,9-14,19-20H,3-5,8H2,1-2H3. The van der Waals surface area contributed by atoms with Gasteiger partial charge in [0.2, 0.25) is 0 Å². The third-order valence-corrected chi connectivity index (χ3v) is 3.63. The van der Waals surface area contributed by atoms with Crippen LogP contribution >= 0.6 is 0 Å². The van der Waals surface area contributed by atoms with Crippen molar-refractivity contribution in [1.82, 2.24) is 0 Å². The van der Waals surface area contributed by atoms with Crippen LogP contribution in [0.25, 0.3) is 0 Å². The zero-order valence-electron chi connectivity index (χ0n) is 12.9. The zero-order chi connectivity index (χ0) is 15.1. The average molecular weight is 284 g/mol. The molecule has 0 aliphatic heterocycles. The van der Waals surface area contributed by atoms with E-state index in [0.717, 1.165) is 23.3 Å². The molecule has 0 spiro atoms. The van der Waals surface area contributed by atoms with Gasteiger partial charge in [-0.3, -0.25) is 0 Å². The molecule has 0 heterocycles. The highest BCUT2D eigenvalue weighted by Gasteiger charge is 2.15. The first-order valence-corrected chi connectivity index (χ1v) is 7.74. The van der Waals surface area contributed by atoms with E-state index in [9.17, 15) is 5.11 Å². The van der Waals surface area contributed by atoms with Crippen LogP contribution in [0.1, 0.15) is 49.5 Å². The summed E-state index contributed by atoms with van der Waals surface area (Å²) in [5, 5.41) is 10.6. The molecule has 2 nitrogen and oxygen atoms in total. The zero-order valence-corrected chi connectivity index (χ0v) is 12.9. The van der Waals surface area contributed by atoms with E-state index in [1.54, 1.807) is 0 Å². The van der Waals surface area contributed by atoms with Gasteiger partial charge in [-0.25, -0.2) is 0 Å². The Bertz CT molecular complexity index is 546. The topological polar surface area (TPSA) is 29.5 Å². The summed E-state index contributed by atoms with van der Waals surface area (Å²) in [7, 11) is 0. The second kappa shape index (κ2) is 7.84. The molecule has 1 unspecified atom stereocenters. The quantitative estimate of drug-likeness (QED) is 0.810. The highest BCUT2D eigenvalue weighted by atomic mass is 16.5. The first-order valence-electron chi connectivity index (χ1n) is 7.74. The Hall–Kier alpha value is -1.80. The third-order valence-electron chi connectivity index (χ3n) is 3.63. The minimum absolute atomic E-state index is 0.597. The number of unbranched alkanes of at least 4 members (excludes halogenated alkanes) is 1. The van der Waals surface area contributed by atoms with E-state index >= 15 is 0 Å². The van der Waals surface area contributed by atoms with Crippen LogP contribution in [0.4, 0.5) is 0 Å². The smallest absolute Gasteiger partial charge is 0.125 e. The molecule has 0 saturated heterocycles. The van der Waals surface area contributed by atoms with Crippen molar-refractivity contribution >= 4 is 0 Å². The summed E-state index contributed by atoms with van der Waals surface area (Å²) in [6.07, 6.45) is 2.86. The second-order valence-electron chi connectivity index (χ2n) is 5.22. The number of hydrogen-bond donors (Lipinski definition) is 1. The molecule has 2 aromatic rings. The molecule has 0 saturated carbocycles. The van der Waals surface area contributed by atoms with Crippen LogP contribution < -0.4 is 4.74 Å². The molecule has 0 bridgehead atoms. The van der Waals surface area contributed by atoms with Crippen LogP contribution in [-0.2, 0) is 6.42 Å². The molecular weight excluding hydrogens is 260 g/mol. The number of aliphatic hydroxyl groups excluding tert-OH is 1. The molecule has 1 N–H and O–H groups in total. The van der Waals surface area contributed by atoms with Crippen LogP contribution in [-0.4, -0.2) is 11.7 Å². The molecule has 112 valence electrons. The lowest BCUT2D eigenvalue weighted by Gasteiger charge is -2.16. The van der Waals surface area contributed by atoms with Gasteiger partial charge in [-0.05, 0) is 37.0 Å².